The second-order valence-electron chi connectivity index (χ2n) is 4.28. The van der Waals surface area contributed by atoms with Crippen LogP contribution in [0.4, 0.5) is 0 Å². The van der Waals surface area contributed by atoms with E-state index >= 15 is 0 Å². The van der Waals surface area contributed by atoms with Gasteiger partial charge >= 0.3 is 0 Å². The van der Waals surface area contributed by atoms with Gasteiger partial charge in [0, 0.05) is 36.8 Å². The average molecular weight is 292 g/mol. The monoisotopic (exact) mass is 291 g/mol. The minimum absolute atomic E-state index is 0.598. The molecule has 3 nitrogen and oxygen atoms in total. The molecule has 5 heteroatoms. The van der Waals surface area contributed by atoms with Gasteiger partial charge in [-0.05, 0) is 12.1 Å². The number of nitrogens with zero attached hydrogens (tertiary/aromatic N) is 3. The van der Waals surface area contributed by atoms with Crippen LogP contribution in [0.3, 0.4) is 0 Å². The number of aromatic nitrogens is 3. The minimum Gasteiger partial charge on any atom is -0.328 e. The first-order chi connectivity index (χ1) is 9.38. The lowest BCUT2D eigenvalue weighted by Crippen LogP contribution is -2.06. The lowest BCUT2D eigenvalue weighted by molar-refractivity contribution is 0.673. The molecule has 0 aliphatic rings. The molecular formula is C14H14ClN3S. The number of hydrogen-bond acceptors (Lipinski definition) is 3. The molecule has 1 aromatic carbocycles. The van der Waals surface area contributed by atoms with Crippen LogP contribution in [0.5, 0.6) is 0 Å². The zero-order valence-corrected chi connectivity index (χ0v) is 12.0. The summed E-state index contributed by atoms with van der Waals surface area (Å²) in [5.41, 5.74) is 2.22. The highest BCUT2D eigenvalue weighted by molar-refractivity contribution is 7.09. The molecule has 19 heavy (non-hydrogen) atoms. The van der Waals surface area contributed by atoms with Crippen LogP contribution in [-0.4, -0.2) is 20.4 Å². The van der Waals surface area contributed by atoms with Gasteiger partial charge in [0.15, 0.2) is 0 Å². The molecule has 0 radical (unpaired) electrons. The Balaban J connectivity index is 1.92. The fourth-order valence-corrected chi connectivity index (χ4v) is 3.01. The van der Waals surface area contributed by atoms with Crippen molar-refractivity contribution < 1.29 is 0 Å². The van der Waals surface area contributed by atoms with Crippen molar-refractivity contribution in [2.24, 2.45) is 0 Å². The molecule has 0 bridgehead atoms. The van der Waals surface area contributed by atoms with E-state index in [-0.39, 0.29) is 0 Å². The third-order valence-corrected chi connectivity index (χ3v) is 4.11. The van der Waals surface area contributed by atoms with E-state index in [1.165, 1.54) is 5.52 Å². The van der Waals surface area contributed by atoms with E-state index in [9.17, 15) is 0 Å². The van der Waals surface area contributed by atoms with Crippen LogP contribution in [0.25, 0.3) is 11.0 Å². The van der Waals surface area contributed by atoms with Crippen LogP contribution in [0, 0.1) is 0 Å². The largest absolute Gasteiger partial charge is 0.328 e. The van der Waals surface area contributed by atoms with Crippen LogP contribution in [-0.2, 0) is 19.4 Å². The Hall–Kier alpha value is -1.39. The maximum absolute atomic E-state index is 5.87. The van der Waals surface area contributed by atoms with Crippen molar-refractivity contribution in [3.05, 3.63) is 46.7 Å². The van der Waals surface area contributed by atoms with E-state index in [1.807, 2.05) is 29.8 Å². The van der Waals surface area contributed by atoms with Crippen molar-refractivity contribution in [2.75, 3.05) is 5.88 Å². The Bertz CT molecular complexity index is 660. The van der Waals surface area contributed by atoms with Crippen molar-refractivity contribution in [1.82, 2.24) is 14.5 Å². The molecule has 0 fully saturated rings. The zero-order chi connectivity index (χ0) is 13.1. The molecule has 0 N–H and O–H groups in total. The highest BCUT2D eigenvalue weighted by atomic mass is 35.5. The molecule has 0 spiro atoms. The number of thiazole rings is 1. The standard InChI is InChI=1S/C14H14ClN3S/c15-7-5-13-17-11-3-1-2-4-12(11)18(13)9-6-14-16-8-10-19-14/h1-4,8,10H,5-7,9H2. The average Bonchev–Trinajstić information content (AvgIpc) is 3.04. The molecule has 98 valence electrons. The van der Waals surface area contributed by atoms with Crippen LogP contribution >= 0.6 is 22.9 Å². The second-order valence-corrected chi connectivity index (χ2v) is 5.64. The van der Waals surface area contributed by atoms with Crippen LogP contribution in [0.1, 0.15) is 10.8 Å². The van der Waals surface area contributed by atoms with Gasteiger partial charge in [0.05, 0.1) is 16.0 Å². The smallest absolute Gasteiger partial charge is 0.111 e. The van der Waals surface area contributed by atoms with Crippen molar-refractivity contribution in [1.29, 1.82) is 0 Å². The Labute approximate surface area is 120 Å². The molecule has 0 saturated carbocycles. The van der Waals surface area contributed by atoms with E-state index < -0.39 is 0 Å². The molecule has 0 aliphatic carbocycles. The van der Waals surface area contributed by atoms with E-state index in [2.05, 4.69) is 20.6 Å². The fraction of sp³-hybridized carbons (Fsp3) is 0.286. The number of rotatable bonds is 5. The first-order valence-electron chi connectivity index (χ1n) is 6.27. The van der Waals surface area contributed by atoms with E-state index in [4.69, 9.17) is 11.6 Å². The number of alkyl halides is 1. The molecule has 2 aromatic heterocycles. The van der Waals surface area contributed by atoms with Crippen molar-refractivity contribution in [2.45, 2.75) is 19.4 Å². The maximum Gasteiger partial charge on any atom is 0.111 e. The topological polar surface area (TPSA) is 30.7 Å². The highest BCUT2D eigenvalue weighted by Crippen LogP contribution is 2.18. The minimum atomic E-state index is 0.598. The van der Waals surface area contributed by atoms with Crippen molar-refractivity contribution in [3.63, 3.8) is 0 Å². The number of fused-ring (bicyclic) bond motifs is 1. The number of halogens is 1. The summed E-state index contributed by atoms with van der Waals surface area (Å²) in [5, 5.41) is 3.18. The van der Waals surface area contributed by atoms with Gasteiger partial charge in [-0.25, -0.2) is 9.97 Å². The van der Waals surface area contributed by atoms with Crippen LogP contribution < -0.4 is 0 Å². The van der Waals surface area contributed by atoms with E-state index in [0.29, 0.717) is 5.88 Å². The van der Waals surface area contributed by atoms with Gasteiger partial charge in [-0.3, -0.25) is 0 Å². The summed E-state index contributed by atoms with van der Waals surface area (Å²) in [6.45, 7) is 0.903. The quantitative estimate of drug-likeness (QED) is 0.674. The van der Waals surface area contributed by atoms with Crippen LogP contribution in [0.15, 0.2) is 35.8 Å². The normalized spacial score (nSPS) is 11.2. The van der Waals surface area contributed by atoms with Gasteiger partial charge in [0.25, 0.3) is 0 Å². The number of para-hydroxylation sites is 2. The Morgan fingerprint density at radius 3 is 2.89 bits per heavy atom. The molecule has 3 rings (SSSR count). The molecule has 0 aliphatic heterocycles. The van der Waals surface area contributed by atoms with E-state index in [1.54, 1.807) is 11.3 Å². The summed E-state index contributed by atoms with van der Waals surface area (Å²) < 4.78 is 2.26. The molecule has 0 saturated heterocycles. The van der Waals surface area contributed by atoms with E-state index in [0.717, 1.165) is 35.7 Å². The van der Waals surface area contributed by atoms with Crippen LogP contribution in [0.2, 0.25) is 0 Å². The molecule has 3 aromatic rings. The number of hydrogen-bond donors (Lipinski definition) is 0. The Morgan fingerprint density at radius 1 is 1.21 bits per heavy atom. The predicted octanol–water partition coefficient (Wildman–Crippen LogP) is 3.52. The first-order valence-corrected chi connectivity index (χ1v) is 7.68. The molecule has 0 unspecified atom stereocenters. The molecule has 0 amide bonds. The molecule has 0 atom stereocenters. The molecular weight excluding hydrogens is 278 g/mol. The summed E-state index contributed by atoms with van der Waals surface area (Å²) in [6, 6.07) is 8.23. The Morgan fingerprint density at radius 2 is 2.11 bits per heavy atom. The number of benzene rings is 1. The van der Waals surface area contributed by atoms with Gasteiger partial charge in [-0.1, -0.05) is 12.1 Å². The van der Waals surface area contributed by atoms with Gasteiger partial charge in [0.1, 0.15) is 5.82 Å². The third-order valence-electron chi connectivity index (χ3n) is 3.08. The van der Waals surface area contributed by atoms with Gasteiger partial charge in [0.2, 0.25) is 0 Å². The predicted molar refractivity (Wildman–Crippen MR) is 80.0 cm³/mol. The van der Waals surface area contributed by atoms with Crippen molar-refractivity contribution in [3.8, 4) is 0 Å². The number of imidazole rings is 1. The van der Waals surface area contributed by atoms with Gasteiger partial charge in [-0.15, -0.1) is 22.9 Å². The summed E-state index contributed by atoms with van der Waals surface area (Å²) in [7, 11) is 0. The lowest BCUT2D eigenvalue weighted by atomic mass is 10.3. The lowest BCUT2D eigenvalue weighted by Gasteiger charge is -2.07. The van der Waals surface area contributed by atoms with Crippen molar-refractivity contribution >= 4 is 34.0 Å². The second kappa shape index (κ2) is 5.72. The van der Waals surface area contributed by atoms with Gasteiger partial charge < -0.3 is 4.57 Å². The summed E-state index contributed by atoms with van der Waals surface area (Å²) in [4.78, 5) is 8.99. The SMILES string of the molecule is ClCCc1nc2ccccc2n1CCc1nccs1. The zero-order valence-electron chi connectivity index (χ0n) is 10.4. The summed E-state index contributed by atoms with van der Waals surface area (Å²) in [5.74, 6) is 1.66. The maximum atomic E-state index is 5.87. The molecule has 2 heterocycles. The summed E-state index contributed by atoms with van der Waals surface area (Å²) in [6.07, 6.45) is 3.59. The van der Waals surface area contributed by atoms with Gasteiger partial charge in [-0.2, -0.15) is 0 Å². The third kappa shape index (κ3) is 2.65. The summed E-state index contributed by atoms with van der Waals surface area (Å²) >= 11 is 7.57. The highest BCUT2D eigenvalue weighted by Gasteiger charge is 2.10. The Kier molecular flexibility index (Phi) is 3.80. The fourth-order valence-electron chi connectivity index (χ4n) is 2.23. The first kappa shape index (κ1) is 12.6. The number of aryl methyl sites for hydroxylation is 3.